The Bertz CT molecular complexity index is 1380. The number of rotatable bonds is 38. The summed E-state index contributed by atoms with van der Waals surface area (Å²) in [4.78, 5) is 47.1. The van der Waals surface area contributed by atoms with Gasteiger partial charge in [-0.05, 0) is 83.1 Å². The minimum absolute atomic E-state index is 0.000591. The number of quaternary nitrogens is 1. The van der Waals surface area contributed by atoms with Gasteiger partial charge in [-0.15, -0.1) is 0 Å². The molecule has 0 aliphatic rings. The Morgan fingerprint density at radius 1 is 0.593 bits per heavy atom. The van der Waals surface area contributed by atoms with Gasteiger partial charge in [0.1, 0.15) is 19.8 Å². The molecule has 2 atom stereocenters. The summed E-state index contributed by atoms with van der Waals surface area (Å²) >= 11 is 0. The molecule has 0 aromatic carbocycles. The first-order chi connectivity index (χ1) is 28.4. The van der Waals surface area contributed by atoms with Crippen molar-refractivity contribution in [3.05, 3.63) is 97.2 Å². The molecule has 59 heavy (non-hydrogen) atoms. The normalized spacial score (nSPS) is 14.4. The van der Waals surface area contributed by atoms with Gasteiger partial charge in [0.25, 0.3) is 0 Å². The number of ether oxygens (including phenoxy) is 2. The lowest BCUT2D eigenvalue weighted by atomic mass is 10.1. The lowest BCUT2D eigenvalue weighted by molar-refractivity contribution is -0.870. The third-order valence-electron chi connectivity index (χ3n) is 8.57. The van der Waals surface area contributed by atoms with Gasteiger partial charge in [0, 0.05) is 19.3 Å². The number of phosphoric ester groups is 1. The molecule has 0 heterocycles. The molecule has 0 aromatic rings. The van der Waals surface area contributed by atoms with Crippen LogP contribution < -0.4 is 0 Å². The zero-order valence-electron chi connectivity index (χ0n) is 37.2. The number of carbonyl (C=O) groups excluding carboxylic acids is 3. The van der Waals surface area contributed by atoms with E-state index in [1.165, 1.54) is 0 Å². The lowest BCUT2D eigenvalue weighted by Crippen LogP contribution is -2.37. The molecule has 334 valence electrons. The predicted molar refractivity (Wildman–Crippen MR) is 243 cm³/mol. The van der Waals surface area contributed by atoms with Gasteiger partial charge in [-0.2, -0.15) is 0 Å². The van der Waals surface area contributed by atoms with Crippen LogP contribution in [0, 0.1) is 0 Å². The highest BCUT2D eigenvalue weighted by Crippen LogP contribution is 2.43. The summed E-state index contributed by atoms with van der Waals surface area (Å²) < 4.78 is 34.2. The van der Waals surface area contributed by atoms with Gasteiger partial charge in [-0.3, -0.25) is 23.4 Å². The maximum Gasteiger partial charge on any atom is 0.472 e. The molecule has 0 rings (SSSR count). The van der Waals surface area contributed by atoms with E-state index in [-0.39, 0.29) is 31.8 Å². The zero-order valence-corrected chi connectivity index (χ0v) is 38.1. The highest BCUT2D eigenvalue weighted by atomic mass is 31.2. The van der Waals surface area contributed by atoms with Gasteiger partial charge in [0.15, 0.2) is 11.9 Å². The first-order valence-corrected chi connectivity index (χ1v) is 23.4. The first kappa shape index (κ1) is 55.6. The van der Waals surface area contributed by atoms with Gasteiger partial charge in [0.05, 0.1) is 27.7 Å². The van der Waals surface area contributed by atoms with E-state index >= 15 is 0 Å². The Labute approximate surface area is 358 Å². The number of unbranched alkanes of at least 4 members (excludes halogenated alkanes) is 7. The van der Waals surface area contributed by atoms with Crippen molar-refractivity contribution >= 4 is 25.5 Å². The molecule has 0 aromatic heterocycles. The molecule has 0 saturated carbocycles. The monoisotopic (exact) mass is 845 g/mol. The highest BCUT2D eigenvalue weighted by Gasteiger charge is 2.27. The average molecular weight is 845 g/mol. The molecule has 0 aliphatic heterocycles. The predicted octanol–water partition coefficient (Wildman–Crippen LogP) is 11.8. The summed E-state index contributed by atoms with van der Waals surface area (Å²) in [5.74, 6) is -0.773. The minimum atomic E-state index is -4.42. The smallest absolute Gasteiger partial charge is 0.462 e. The van der Waals surface area contributed by atoms with Crippen LogP contribution in [0.3, 0.4) is 0 Å². The van der Waals surface area contributed by atoms with Crippen LogP contribution in [0.15, 0.2) is 97.2 Å². The van der Waals surface area contributed by atoms with Crippen molar-refractivity contribution in [1.29, 1.82) is 0 Å². The second kappa shape index (κ2) is 38.8. The fourth-order valence-corrected chi connectivity index (χ4v) is 5.87. The number of hydrogen-bond acceptors (Lipinski definition) is 8. The van der Waals surface area contributed by atoms with Crippen LogP contribution in [0.2, 0.25) is 0 Å². The largest absolute Gasteiger partial charge is 0.472 e. The Balaban J connectivity index is 4.57. The number of likely N-dealkylation sites (N-methyl/N-ethyl adjacent to an activating group) is 1. The van der Waals surface area contributed by atoms with E-state index in [9.17, 15) is 23.8 Å². The van der Waals surface area contributed by atoms with Crippen molar-refractivity contribution in [1.82, 2.24) is 0 Å². The molecule has 0 bridgehead atoms. The number of allylic oxidation sites excluding steroid dienone is 16. The maximum atomic E-state index is 12.7. The number of hydrogen-bond donors (Lipinski definition) is 1. The van der Waals surface area contributed by atoms with Crippen molar-refractivity contribution < 1.29 is 46.8 Å². The zero-order chi connectivity index (χ0) is 43.7. The highest BCUT2D eigenvalue weighted by molar-refractivity contribution is 7.47. The summed E-state index contributed by atoms with van der Waals surface area (Å²) in [7, 11) is 1.37. The van der Waals surface area contributed by atoms with Gasteiger partial charge in [-0.1, -0.05) is 131 Å². The van der Waals surface area contributed by atoms with Gasteiger partial charge < -0.3 is 18.9 Å². The number of phosphoric acid groups is 1. The molecule has 0 saturated heterocycles. The Hall–Kier alpha value is -3.40. The quantitative estimate of drug-likeness (QED) is 0.0123. The van der Waals surface area contributed by atoms with Gasteiger partial charge >= 0.3 is 19.8 Å². The summed E-state index contributed by atoms with van der Waals surface area (Å²) in [6, 6.07) is 0. The van der Waals surface area contributed by atoms with E-state index in [0.29, 0.717) is 36.7 Å². The van der Waals surface area contributed by atoms with E-state index in [1.54, 1.807) is 12.2 Å². The summed E-state index contributed by atoms with van der Waals surface area (Å²) in [5.41, 5.74) is 0. The van der Waals surface area contributed by atoms with Crippen molar-refractivity contribution in [2.45, 2.75) is 142 Å². The Morgan fingerprint density at radius 3 is 1.75 bits per heavy atom. The molecule has 0 radical (unpaired) electrons. The Morgan fingerprint density at radius 2 is 1.14 bits per heavy atom. The molecule has 0 fully saturated rings. The summed E-state index contributed by atoms with van der Waals surface area (Å²) in [6.45, 7) is 4.00. The van der Waals surface area contributed by atoms with Gasteiger partial charge in [0.2, 0.25) is 0 Å². The summed E-state index contributed by atoms with van der Waals surface area (Å²) in [6.07, 6.45) is 47.3. The first-order valence-electron chi connectivity index (χ1n) is 21.9. The molecule has 0 aliphatic carbocycles. The third kappa shape index (κ3) is 42.5. The molecule has 0 spiro atoms. The van der Waals surface area contributed by atoms with Crippen molar-refractivity contribution in [2.24, 2.45) is 0 Å². The van der Waals surface area contributed by atoms with E-state index in [1.807, 2.05) is 45.4 Å². The molecule has 10 nitrogen and oxygen atoms in total. The maximum absolute atomic E-state index is 12.7. The molecule has 1 N–H and O–H groups in total. The van der Waals surface area contributed by atoms with Crippen LogP contribution in [0.25, 0.3) is 0 Å². The van der Waals surface area contributed by atoms with E-state index in [4.69, 9.17) is 18.5 Å². The van der Waals surface area contributed by atoms with Crippen molar-refractivity contribution in [3.8, 4) is 0 Å². The van der Waals surface area contributed by atoms with Crippen LogP contribution >= 0.6 is 7.82 Å². The van der Waals surface area contributed by atoms with Gasteiger partial charge in [-0.25, -0.2) is 4.57 Å². The fraction of sp³-hybridized carbons (Fsp3) is 0.604. The molecular weight excluding hydrogens is 765 g/mol. The van der Waals surface area contributed by atoms with Crippen LogP contribution in [0.4, 0.5) is 0 Å². The molecule has 1 unspecified atom stereocenters. The topological polar surface area (TPSA) is 125 Å². The summed E-state index contributed by atoms with van der Waals surface area (Å²) in [5, 5.41) is 0. The van der Waals surface area contributed by atoms with Crippen molar-refractivity contribution in [2.75, 3.05) is 47.5 Å². The molecular formula is C48H79NO9P+. The Kier molecular flexibility index (Phi) is 36.5. The number of nitrogens with zero attached hydrogens (tertiary/aromatic N) is 1. The van der Waals surface area contributed by atoms with Crippen molar-refractivity contribution in [3.63, 3.8) is 0 Å². The third-order valence-corrected chi connectivity index (χ3v) is 9.56. The van der Waals surface area contributed by atoms with Crippen LogP contribution in [0.5, 0.6) is 0 Å². The lowest BCUT2D eigenvalue weighted by Gasteiger charge is -2.24. The van der Waals surface area contributed by atoms with Crippen LogP contribution in [-0.2, 0) is 37.5 Å². The second-order valence-corrected chi connectivity index (χ2v) is 16.8. The van der Waals surface area contributed by atoms with E-state index in [0.717, 1.165) is 83.5 Å². The van der Waals surface area contributed by atoms with E-state index < -0.39 is 32.5 Å². The van der Waals surface area contributed by atoms with E-state index in [2.05, 4.69) is 74.6 Å². The number of esters is 2. The molecule has 0 amide bonds. The standard InChI is InChI=1S/C48H78NO9P/c1-6-8-10-11-12-13-14-15-16-17-18-19-22-25-28-31-35-39-47(51)55-43-46(44-57-59(53,54)56-42-41-49(3,4)5)58-48(52)40-36-32-29-26-23-20-21-24-27-30-34-38-45(50)37-33-9-7-2/h8,10,12-13,15-16,18-21,26-27,29-30,34,38,46H,6-7,9,11,14,17,22-25,28,31-33,35-37,39-44H2,1-5H3/p+1/b10-8-,13-12-,16-15-,19-18-,21-20-,29-26-,30-27-,38-34+/t46-/m1/s1. The minimum Gasteiger partial charge on any atom is -0.462 e. The second-order valence-electron chi connectivity index (χ2n) is 15.4. The fourth-order valence-electron chi connectivity index (χ4n) is 5.13. The van der Waals surface area contributed by atoms with Crippen LogP contribution in [-0.4, -0.2) is 80.7 Å². The molecule has 11 heteroatoms. The SMILES string of the molecule is CC/C=C\C/C=C\C/C=C\C/C=C\CCCCCCC(=O)OC[C@H](COP(=O)(O)OCC[N+](C)(C)C)OC(=O)CCC/C=C\C/C=C\C/C=C\C=C\C(=O)CCCCC. The average Bonchev–Trinajstić information content (AvgIpc) is 3.18. The number of ketones is 1. The number of carbonyl (C=O) groups is 3. The van der Waals surface area contributed by atoms with Crippen LogP contribution in [0.1, 0.15) is 136 Å².